The second-order valence-corrected chi connectivity index (χ2v) is 28.6. The number of imidazole rings is 1. The topological polar surface area (TPSA) is 345 Å². The van der Waals surface area contributed by atoms with Gasteiger partial charge in [-0.2, -0.15) is 0 Å². The number of fused-ring (bicyclic) bond motifs is 1. The molecule has 2 aromatic rings. The Labute approximate surface area is 568 Å². The molecule has 1 aromatic heterocycles. The average molecular weight is 1350 g/mol. The van der Waals surface area contributed by atoms with Crippen LogP contribution >= 0.6 is 0 Å². The summed E-state index contributed by atoms with van der Waals surface area (Å²) in [5.41, 5.74) is 1.63. The molecule has 1 aliphatic heterocycles. The lowest BCUT2D eigenvalue weighted by molar-refractivity contribution is -0.157. The average Bonchev–Trinajstić information content (AvgIpc) is 0.826. The van der Waals surface area contributed by atoms with Crippen LogP contribution in [0.4, 0.5) is 0 Å². The van der Waals surface area contributed by atoms with Gasteiger partial charge in [0.05, 0.1) is 23.7 Å². The number of carbonyl (C=O) groups is 12. The fourth-order valence-electron chi connectivity index (χ4n) is 12.1. The quantitative estimate of drug-likeness (QED) is 0.111. The van der Waals surface area contributed by atoms with E-state index in [9.17, 15) is 48.6 Å². The van der Waals surface area contributed by atoms with E-state index >= 15 is 19.2 Å². The van der Waals surface area contributed by atoms with Gasteiger partial charge in [-0.15, -0.1) is 0 Å². The number of aliphatic hydroxyl groups is 1. The van der Waals surface area contributed by atoms with E-state index in [-0.39, 0.29) is 62.2 Å². The normalized spacial score (nSPS) is 25.2. The Bertz CT molecular complexity index is 3110. The minimum absolute atomic E-state index is 0.00358. The molecule has 0 radical (unpaired) electrons. The molecule has 27 nitrogen and oxygen atoms in total. The predicted octanol–water partition coefficient (Wildman–Crippen LogP) is 3.52. The summed E-state index contributed by atoms with van der Waals surface area (Å²) in [7, 11) is 9.75. The molecule has 1 fully saturated rings. The van der Waals surface area contributed by atoms with Crippen molar-refractivity contribution in [1.29, 1.82) is 0 Å². The molecule has 1 unspecified atom stereocenters. The van der Waals surface area contributed by atoms with E-state index in [0.717, 1.165) is 15.9 Å². The van der Waals surface area contributed by atoms with Crippen LogP contribution < -0.4 is 21.3 Å². The number of aromatic nitrogens is 2. The Balaban J connectivity index is 2.33. The third-order valence-electron chi connectivity index (χ3n) is 17.8. The van der Waals surface area contributed by atoms with Gasteiger partial charge in [-0.1, -0.05) is 103 Å². The Kier molecular flexibility index (Phi) is 31.2. The number of hydrogen-bond donors (Lipinski definition) is 7. The Morgan fingerprint density at radius 1 is 0.542 bits per heavy atom. The zero-order valence-corrected chi connectivity index (χ0v) is 61.1. The van der Waals surface area contributed by atoms with Crippen LogP contribution in [0.5, 0.6) is 0 Å². The van der Waals surface area contributed by atoms with Crippen molar-refractivity contribution >= 4 is 88.1 Å². The standard InChI is InChI=1S/C69H113N13O14/c1-24-46-65(92)76(17)35-54(83)77(18)49(29-36(2)3)62(89)75-56(40(10)11)68(95)78(19)50(30-37(4)5)61(88)70-43(15)60(87)71-44(16)64(91)79(20)51(31-38(6)7)66(93)80(21)52(32-39(8)9)67(94)81(22)57(41(12)13)69(96)82(23)58(63(90)74-46)59(86)42(14)33-53-72-47-27-25-45(26-28-55(84)85)34-48(47)73-53/h25-28,34,36-44,46,49-52,56-59,86H,24,29-33,35H2,1-23H3,(H,70,88)(H,71,87)(H,72,73)(H,74,90)(H,75,89)(H,84,85)/b28-26+/t42-,43+,44-,46+,49+,50+,51+,52+,56+,57+,58?,59-/m1/s1. The second kappa shape index (κ2) is 36.4. The van der Waals surface area contributed by atoms with Crippen LogP contribution in [0.3, 0.4) is 0 Å². The summed E-state index contributed by atoms with van der Waals surface area (Å²) in [6.07, 6.45) is 1.15. The van der Waals surface area contributed by atoms with Gasteiger partial charge in [0.2, 0.25) is 65.0 Å². The molecule has 2 heterocycles. The molecule has 0 spiro atoms. The Morgan fingerprint density at radius 2 is 1.01 bits per heavy atom. The molecule has 0 bridgehead atoms. The van der Waals surface area contributed by atoms with Crippen molar-refractivity contribution in [3.8, 4) is 0 Å². The van der Waals surface area contributed by atoms with Crippen LogP contribution in [0.1, 0.15) is 154 Å². The van der Waals surface area contributed by atoms with E-state index in [4.69, 9.17) is 0 Å². The molecule has 1 aliphatic rings. The molecule has 12 atom stereocenters. The molecule has 27 heteroatoms. The van der Waals surface area contributed by atoms with Gasteiger partial charge in [0.1, 0.15) is 66.2 Å². The SMILES string of the molecule is CC[C@@H]1NC(=O)C([C@H](O)[C@H](C)Cc2nc3cc(/C=C/C(=O)O)ccc3[nH]2)N(C)C(=O)[C@H](C(C)C)N(C)C(=O)[C@H](CC(C)C)N(C)C(=O)[C@H](CC(C)C)N(C)C(=O)[C@@H](C)NC(=O)[C@H](C)NC(=O)[C@H](CC(C)C)N(C)C(=O)[C@H](C(C)C)NC(=O)[C@H](CC(C)C)N(C)C(=O)CN(C)C1=O. The van der Waals surface area contributed by atoms with Crippen molar-refractivity contribution in [3.63, 3.8) is 0 Å². The number of nitrogens with one attached hydrogen (secondary N) is 5. The lowest BCUT2D eigenvalue weighted by Gasteiger charge is -2.41. The van der Waals surface area contributed by atoms with Crippen molar-refractivity contribution in [1.82, 2.24) is 65.5 Å². The second-order valence-electron chi connectivity index (χ2n) is 28.6. The third-order valence-corrected chi connectivity index (χ3v) is 17.8. The van der Waals surface area contributed by atoms with Crippen molar-refractivity contribution in [2.45, 2.75) is 216 Å². The summed E-state index contributed by atoms with van der Waals surface area (Å²) in [6.45, 7) is 27.1. The van der Waals surface area contributed by atoms with E-state index < -0.39 is 162 Å². The zero-order valence-electron chi connectivity index (χ0n) is 61.1. The number of hydrogen-bond acceptors (Lipinski definition) is 14. The molecular formula is C69H113N13O14. The van der Waals surface area contributed by atoms with E-state index in [0.29, 0.717) is 22.4 Å². The van der Waals surface area contributed by atoms with Gasteiger partial charge in [-0.25, -0.2) is 9.78 Å². The predicted molar refractivity (Wildman–Crippen MR) is 365 cm³/mol. The number of aliphatic hydroxyl groups excluding tert-OH is 1. The van der Waals surface area contributed by atoms with Gasteiger partial charge < -0.3 is 70.8 Å². The number of amides is 11. The highest BCUT2D eigenvalue weighted by molar-refractivity contribution is 6.00. The zero-order chi connectivity index (χ0) is 73.4. The lowest BCUT2D eigenvalue weighted by Crippen LogP contribution is -2.63. The first-order valence-corrected chi connectivity index (χ1v) is 33.6. The molecule has 1 saturated heterocycles. The molecule has 1 aromatic carbocycles. The first kappa shape index (κ1) is 82.3. The number of carboxylic acids is 1. The van der Waals surface area contributed by atoms with Gasteiger partial charge in [-0.05, 0) is 111 Å². The molecule has 3 rings (SSSR count). The number of aromatic amines is 1. The summed E-state index contributed by atoms with van der Waals surface area (Å²) in [4.78, 5) is 189. The van der Waals surface area contributed by atoms with E-state index in [1.807, 2.05) is 55.4 Å². The fraction of sp³-hybridized carbons (Fsp3) is 0.696. The molecule has 0 aliphatic carbocycles. The van der Waals surface area contributed by atoms with E-state index in [1.165, 1.54) is 93.8 Å². The van der Waals surface area contributed by atoms with Crippen LogP contribution in [0.25, 0.3) is 17.1 Å². The van der Waals surface area contributed by atoms with Gasteiger partial charge in [0.15, 0.2) is 0 Å². The van der Waals surface area contributed by atoms with Crippen LogP contribution in [-0.2, 0) is 64.0 Å². The minimum atomic E-state index is -1.77. The smallest absolute Gasteiger partial charge is 0.328 e. The maximum absolute atomic E-state index is 15.5. The first-order valence-electron chi connectivity index (χ1n) is 33.6. The Hall–Kier alpha value is -7.97. The maximum atomic E-state index is 15.5. The number of H-pyrrole nitrogens is 1. The highest BCUT2D eigenvalue weighted by Crippen LogP contribution is 2.27. The van der Waals surface area contributed by atoms with E-state index in [1.54, 1.807) is 59.7 Å². The number of nitrogens with zero attached hydrogens (tertiary/aromatic N) is 8. The summed E-state index contributed by atoms with van der Waals surface area (Å²) < 4.78 is 0. The first-order chi connectivity index (χ1) is 44.5. The number of likely N-dealkylation sites (N-methyl/N-ethyl adjacent to an activating group) is 7. The van der Waals surface area contributed by atoms with Crippen molar-refractivity contribution in [3.05, 3.63) is 35.7 Å². The van der Waals surface area contributed by atoms with Crippen LogP contribution in [-0.4, -0.2) is 248 Å². The largest absolute Gasteiger partial charge is 0.478 e. The summed E-state index contributed by atoms with van der Waals surface area (Å²) >= 11 is 0. The molecule has 0 saturated carbocycles. The molecule has 11 amide bonds. The Morgan fingerprint density at radius 3 is 1.51 bits per heavy atom. The molecule has 96 heavy (non-hydrogen) atoms. The summed E-state index contributed by atoms with van der Waals surface area (Å²) in [6, 6.07) is -7.84. The van der Waals surface area contributed by atoms with Crippen LogP contribution in [0.2, 0.25) is 0 Å². The number of benzene rings is 1. The van der Waals surface area contributed by atoms with Crippen LogP contribution in [0.15, 0.2) is 24.3 Å². The van der Waals surface area contributed by atoms with Gasteiger partial charge in [0.25, 0.3) is 0 Å². The highest BCUT2D eigenvalue weighted by atomic mass is 16.4. The number of carbonyl (C=O) groups excluding carboxylic acids is 11. The number of aliphatic carboxylic acids is 1. The van der Waals surface area contributed by atoms with Crippen molar-refractivity contribution in [2.24, 2.45) is 41.4 Å². The summed E-state index contributed by atoms with van der Waals surface area (Å²) in [5, 5.41) is 32.8. The number of carboxylic acid groups (broad SMARTS) is 1. The minimum Gasteiger partial charge on any atom is -0.478 e. The monoisotopic (exact) mass is 1350 g/mol. The lowest BCUT2D eigenvalue weighted by atomic mass is 9.91. The van der Waals surface area contributed by atoms with Gasteiger partial charge in [-0.3, -0.25) is 52.7 Å². The third kappa shape index (κ3) is 22.0. The highest BCUT2D eigenvalue weighted by Gasteiger charge is 2.46. The maximum Gasteiger partial charge on any atom is 0.328 e. The molecule has 538 valence electrons. The van der Waals surface area contributed by atoms with Gasteiger partial charge in [0, 0.05) is 61.8 Å². The summed E-state index contributed by atoms with van der Waals surface area (Å²) in [5.74, 6) is -11.4. The fourth-order valence-corrected chi connectivity index (χ4v) is 12.1. The number of rotatable bonds is 17. The molecule has 7 N–H and O–H groups in total. The van der Waals surface area contributed by atoms with E-state index in [2.05, 4.69) is 31.2 Å². The van der Waals surface area contributed by atoms with Crippen molar-refractivity contribution < 1.29 is 67.7 Å². The molecular weight excluding hydrogens is 1230 g/mol. The van der Waals surface area contributed by atoms with Gasteiger partial charge >= 0.3 is 5.97 Å². The van der Waals surface area contributed by atoms with Crippen LogP contribution in [0, 0.1) is 41.4 Å². The van der Waals surface area contributed by atoms with Crippen molar-refractivity contribution in [2.75, 3.05) is 55.9 Å².